The first-order chi connectivity index (χ1) is 15.7. The van der Waals surface area contributed by atoms with Gasteiger partial charge in [0, 0.05) is 5.69 Å². The number of hydrogen-bond acceptors (Lipinski definition) is 5. The number of sulfonamides is 1. The summed E-state index contributed by atoms with van der Waals surface area (Å²) in [5.41, 5.74) is 1.34. The molecule has 0 saturated heterocycles. The molecule has 3 aromatic carbocycles. The maximum atomic E-state index is 13.7. The number of nitrogens with zero attached hydrogens (tertiary/aromatic N) is 1. The third-order valence-electron chi connectivity index (χ3n) is 4.74. The highest BCUT2D eigenvalue weighted by atomic mass is 32.2. The third kappa shape index (κ3) is 5.81. The Morgan fingerprint density at radius 3 is 2.30 bits per heavy atom. The van der Waals surface area contributed by atoms with Crippen molar-refractivity contribution in [3.63, 3.8) is 0 Å². The molecule has 0 aliphatic carbocycles. The molecule has 0 spiro atoms. The summed E-state index contributed by atoms with van der Waals surface area (Å²) in [5, 5.41) is 2.60. The van der Waals surface area contributed by atoms with Crippen LogP contribution in [0.5, 0.6) is 11.5 Å². The number of hydrogen-bond donors (Lipinski definition) is 1. The Morgan fingerprint density at radius 2 is 1.70 bits per heavy atom. The fourth-order valence-electron chi connectivity index (χ4n) is 3.16. The number of carbonyl (C=O) groups excluding carboxylic acids is 1. The lowest BCUT2D eigenvalue weighted by molar-refractivity contribution is -0.114. The summed E-state index contributed by atoms with van der Waals surface area (Å²) in [7, 11) is -2.81. The number of amides is 1. The lowest BCUT2D eigenvalue weighted by atomic mass is 10.2. The van der Waals surface area contributed by atoms with Crippen molar-refractivity contribution in [2.45, 2.75) is 18.7 Å². The van der Waals surface area contributed by atoms with Gasteiger partial charge in [0.25, 0.3) is 10.0 Å². The van der Waals surface area contributed by atoms with E-state index in [9.17, 15) is 17.6 Å². The fourth-order valence-corrected chi connectivity index (χ4v) is 4.82. The van der Waals surface area contributed by atoms with Gasteiger partial charge in [0.1, 0.15) is 28.8 Å². The topological polar surface area (TPSA) is 84.9 Å². The minimum absolute atomic E-state index is 0.0616. The van der Waals surface area contributed by atoms with Gasteiger partial charge in [-0.25, -0.2) is 12.8 Å². The van der Waals surface area contributed by atoms with Gasteiger partial charge in [0.15, 0.2) is 0 Å². The summed E-state index contributed by atoms with van der Waals surface area (Å²) in [6.45, 7) is 3.56. The SMILES string of the molecule is CCOc1ccc(N(CC(=O)Nc2ccc(F)cc2)S(=O)(=O)c2cc(C)ccc2OC)cc1. The van der Waals surface area contributed by atoms with Crippen molar-refractivity contribution in [1.29, 1.82) is 0 Å². The number of benzene rings is 3. The third-order valence-corrected chi connectivity index (χ3v) is 6.53. The molecule has 3 rings (SSSR count). The average molecular weight is 473 g/mol. The number of carbonyl (C=O) groups is 1. The number of anilines is 2. The minimum Gasteiger partial charge on any atom is -0.495 e. The van der Waals surface area contributed by atoms with Crippen LogP contribution in [0.1, 0.15) is 12.5 Å². The Morgan fingerprint density at radius 1 is 1.03 bits per heavy atom. The zero-order valence-electron chi connectivity index (χ0n) is 18.5. The molecule has 9 heteroatoms. The Kier molecular flexibility index (Phi) is 7.55. The molecule has 7 nitrogen and oxygen atoms in total. The van der Waals surface area contributed by atoms with Crippen molar-refractivity contribution in [3.05, 3.63) is 78.1 Å². The second kappa shape index (κ2) is 10.4. The highest BCUT2D eigenvalue weighted by Crippen LogP contribution is 2.31. The van der Waals surface area contributed by atoms with Crippen LogP contribution in [0.15, 0.2) is 71.6 Å². The lowest BCUT2D eigenvalue weighted by Gasteiger charge is -2.25. The number of rotatable bonds is 9. The quantitative estimate of drug-likeness (QED) is 0.500. The monoisotopic (exact) mass is 472 g/mol. The molecule has 0 fully saturated rings. The average Bonchev–Trinajstić information content (AvgIpc) is 2.80. The normalized spacial score (nSPS) is 11.0. The molecule has 0 bridgehead atoms. The van der Waals surface area contributed by atoms with Crippen LogP contribution < -0.4 is 19.1 Å². The molecule has 0 atom stereocenters. The molecule has 0 unspecified atom stereocenters. The summed E-state index contributed by atoms with van der Waals surface area (Å²) in [6.07, 6.45) is 0. The fraction of sp³-hybridized carbons (Fsp3) is 0.208. The minimum atomic E-state index is -4.19. The molecule has 0 heterocycles. The van der Waals surface area contributed by atoms with E-state index >= 15 is 0 Å². The van der Waals surface area contributed by atoms with Crippen molar-refractivity contribution in [2.75, 3.05) is 29.9 Å². The van der Waals surface area contributed by atoms with Gasteiger partial charge in [-0.05, 0) is 80.1 Å². The standard InChI is InChI=1S/C24H25FN2O5S/c1-4-32-21-12-10-20(11-13-21)27(16-24(28)26-19-8-6-18(25)7-9-19)33(29,30)23-15-17(2)5-14-22(23)31-3/h5-15H,4,16H2,1-3H3,(H,26,28). The van der Waals surface area contributed by atoms with Crippen molar-refractivity contribution in [1.82, 2.24) is 0 Å². The van der Waals surface area contributed by atoms with E-state index < -0.39 is 28.3 Å². The smallest absolute Gasteiger partial charge is 0.268 e. The van der Waals surface area contributed by atoms with Crippen molar-refractivity contribution in [2.24, 2.45) is 0 Å². The van der Waals surface area contributed by atoms with E-state index in [1.807, 2.05) is 6.92 Å². The molecule has 3 aromatic rings. The molecule has 0 radical (unpaired) electrons. The van der Waals surface area contributed by atoms with Gasteiger partial charge >= 0.3 is 0 Å². The second-order valence-corrected chi connectivity index (χ2v) is 8.98. The molecule has 1 N–H and O–H groups in total. The van der Waals surface area contributed by atoms with Gasteiger partial charge in [-0.1, -0.05) is 6.07 Å². The lowest BCUT2D eigenvalue weighted by Crippen LogP contribution is -2.38. The summed E-state index contributed by atoms with van der Waals surface area (Å²) < 4.78 is 52.3. The van der Waals surface area contributed by atoms with Crippen LogP contribution in [0.2, 0.25) is 0 Å². The number of ether oxygens (including phenoxy) is 2. The van der Waals surface area contributed by atoms with E-state index in [1.54, 1.807) is 43.3 Å². The van der Waals surface area contributed by atoms with Gasteiger partial charge < -0.3 is 14.8 Å². The molecular formula is C24H25FN2O5S. The maximum absolute atomic E-state index is 13.7. The summed E-state index contributed by atoms with van der Waals surface area (Å²) in [6, 6.07) is 16.4. The Balaban J connectivity index is 2.00. The van der Waals surface area contributed by atoms with E-state index in [4.69, 9.17) is 9.47 Å². The predicted molar refractivity (Wildman–Crippen MR) is 125 cm³/mol. The Labute approximate surface area is 192 Å². The van der Waals surface area contributed by atoms with E-state index in [2.05, 4.69) is 5.32 Å². The van der Waals surface area contributed by atoms with E-state index in [0.717, 1.165) is 9.87 Å². The summed E-state index contributed by atoms with van der Waals surface area (Å²) >= 11 is 0. The molecule has 174 valence electrons. The number of halogens is 1. The maximum Gasteiger partial charge on any atom is 0.268 e. The summed E-state index contributed by atoms with van der Waals surface area (Å²) in [5.74, 6) is -0.304. The van der Waals surface area contributed by atoms with Crippen LogP contribution >= 0.6 is 0 Å². The van der Waals surface area contributed by atoms with Gasteiger partial charge in [-0.15, -0.1) is 0 Å². The molecule has 0 aliphatic heterocycles. The number of nitrogens with one attached hydrogen (secondary N) is 1. The van der Waals surface area contributed by atoms with E-state index in [1.165, 1.54) is 37.4 Å². The van der Waals surface area contributed by atoms with Crippen LogP contribution in [-0.4, -0.2) is 34.6 Å². The number of aryl methyl sites for hydroxylation is 1. The van der Waals surface area contributed by atoms with Crippen molar-refractivity contribution in [3.8, 4) is 11.5 Å². The Bertz CT molecular complexity index is 1210. The van der Waals surface area contributed by atoms with Crippen molar-refractivity contribution >= 4 is 27.3 Å². The first kappa shape index (κ1) is 24.1. The largest absolute Gasteiger partial charge is 0.495 e. The zero-order valence-corrected chi connectivity index (χ0v) is 19.4. The highest BCUT2D eigenvalue weighted by molar-refractivity contribution is 7.93. The first-order valence-electron chi connectivity index (χ1n) is 10.2. The zero-order chi connectivity index (χ0) is 24.0. The van der Waals surface area contributed by atoms with E-state index in [0.29, 0.717) is 18.0 Å². The van der Waals surface area contributed by atoms with Crippen LogP contribution in [-0.2, 0) is 14.8 Å². The number of methoxy groups -OCH3 is 1. The van der Waals surface area contributed by atoms with Crippen LogP contribution in [0.25, 0.3) is 0 Å². The van der Waals surface area contributed by atoms with Gasteiger partial charge in [0.05, 0.1) is 19.4 Å². The molecule has 0 saturated carbocycles. The van der Waals surface area contributed by atoms with Crippen molar-refractivity contribution < 1.29 is 27.1 Å². The molecule has 33 heavy (non-hydrogen) atoms. The van der Waals surface area contributed by atoms with E-state index in [-0.39, 0.29) is 16.3 Å². The van der Waals surface area contributed by atoms with Crippen LogP contribution in [0, 0.1) is 12.7 Å². The second-order valence-electron chi connectivity index (χ2n) is 7.15. The van der Waals surface area contributed by atoms with Crippen LogP contribution in [0.4, 0.5) is 15.8 Å². The molecular weight excluding hydrogens is 447 g/mol. The highest BCUT2D eigenvalue weighted by Gasteiger charge is 2.30. The van der Waals surface area contributed by atoms with Crippen LogP contribution in [0.3, 0.4) is 0 Å². The molecule has 1 amide bonds. The Hall–Kier alpha value is -3.59. The predicted octanol–water partition coefficient (Wildman–Crippen LogP) is 4.38. The van der Waals surface area contributed by atoms with Gasteiger partial charge in [-0.2, -0.15) is 0 Å². The summed E-state index contributed by atoms with van der Waals surface area (Å²) in [4.78, 5) is 12.7. The first-order valence-corrected chi connectivity index (χ1v) is 11.6. The molecule has 0 aromatic heterocycles. The van der Waals surface area contributed by atoms with Gasteiger partial charge in [0.2, 0.25) is 5.91 Å². The molecule has 0 aliphatic rings. The van der Waals surface area contributed by atoms with Gasteiger partial charge in [-0.3, -0.25) is 9.10 Å².